The van der Waals surface area contributed by atoms with Gasteiger partial charge in [0.25, 0.3) is 0 Å². The number of benzene rings is 4. The molecule has 4 rings (SSSR count). The van der Waals surface area contributed by atoms with Crippen LogP contribution in [0.15, 0.2) is 104 Å². The molecule has 0 saturated carbocycles. The molecular formula is C27H22. The molecule has 0 heteroatoms. The third-order valence-corrected chi connectivity index (χ3v) is 4.87. The van der Waals surface area contributed by atoms with Crippen LogP contribution in [0.1, 0.15) is 11.1 Å². The van der Waals surface area contributed by atoms with Crippen molar-refractivity contribution in [3.05, 3.63) is 115 Å². The van der Waals surface area contributed by atoms with Gasteiger partial charge in [0.15, 0.2) is 0 Å². The Bertz CT molecular complexity index is 1100. The van der Waals surface area contributed by atoms with Crippen LogP contribution in [0.2, 0.25) is 0 Å². The Morgan fingerprint density at radius 2 is 0.926 bits per heavy atom. The summed E-state index contributed by atoms with van der Waals surface area (Å²) in [5.74, 6) is 0. The molecule has 0 atom stereocenters. The van der Waals surface area contributed by atoms with Gasteiger partial charge in [-0.1, -0.05) is 97.1 Å². The van der Waals surface area contributed by atoms with Crippen molar-refractivity contribution in [2.75, 3.05) is 0 Å². The summed E-state index contributed by atoms with van der Waals surface area (Å²) >= 11 is 0. The zero-order valence-electron chi connectivity index (χ0n) is 15.5. The van der Waals surface area contributed by atoms with Gasteiger partial charge in [-0.25, -0.2) is 0 Å². The Morgan fingerprint density at radius 3 is 1.41 bits per heavy atom. The number of aryl methyl sites for hydroxylation is 1. The molecule has 0 N–H and O–H groups in total. The lowest BCUT2D eigenvalue weighted by molar-refractivity contribution is 1.47. The molecule has 0 aliphatic carbocycles. The normalized spacial score (nSPS) is 10.6. The van der Waals surface area contributed by atoms with E-state index in [0.29, 0.717) is 0 Å². The second-order valence-electron chi connectivity index (χ2n) is 6.86. The molecule has 0 fully saturated rings. The van der Waals surface area contributed by atoms with Crippen molar-refractivity contribution in [1.29, 1.82) is 0 Å². The Kier molecular flexibility index (Phi) is 4.72. The van der Waals surface area contributed by atoms with Crippen LogP contribution in [0.5, 0.6) is 0 Å². The highest BCUT2D eigenvalue weighted by Crippen LogP contribution is 2.30. The van der Waals surface area contributed by atoms with E-state index in [2.05, 4.69) is 111 Å². The minimum absolute atomic E-state index is 1.14. The van der Waals surface area contributed by atoms with Crippen molar-refractivity contribution in [2.24, 2.45) is 0 Å². The van der Waals surface area contributed by atoms with Crippen LogP contribution >= 0.6 is 0 Å². The first-order chi connectivity index (χ1) is 13.2. The highest BCUT2D eigenvalue weighted by atomic mass is 14.1. The van der Waals surface area contributed by atoms with Gasteiger partial charge in [0, 0.05) is 0 Å². The highest BCUT2D eigenvalue weighted by molar-refractivity contribution is 5.77. The minimum Gasteiger partial charge on any atom is -0.0985 e. The molecule has 0 bridgehead atoms. The molecular weight excluding hydrogens is 324 g/mol. The number of hydrogen-bond donors (Lipinski definition) is 0. The molecule has 0 radical (unpaired) electrons. The molecule has 0 nitrogen and oxygen atoms in total. The fraction of sp³-hybridized carbons (Fsp3) is 0.0370. The van der Waals surface area contributed by atoms with E-state index in [-0.39, 0.29) is 0 Å². The third-order valence-electron chi connectivity index (χ3n) is 4.87. The van der Waals surface area contributed by atoms with Crippen molar-refractivity contribution >= 4 is 6.08 Å². The van der Waals surface area contributed by atoms with Gasteiger partial charge in [-0.3, -0.25) is 0 Å². The predicted molar refractivity (Wildman–Crippen MR) is 118 cm³/mol. The predicted octanol–water partition coefficient (Wildman–Crippen LogP) is 7.64. The maximum absolute atomic E-state index is 3.88. The Morgan fingerprint density at radius 1 is 0.519 bits per heavy atom. The Balaban J connectivity index is 1.74. The smallest absolute Gasteiger partial charge is 0.0178 e. The summed E-state index contributed by atoms with van der Waals surface area (Å²) in [6.45, 7) is 6.01. The average Bonchev–Trinajstić information content (AvgIpc) is 2.74. The second-order valence-corrected chi connectivity index (χ2v) is 6.86. The molecule has 0 saturated heterocycles. The van der Waals surface area contributed by atoms with Crippen molar-refractivity contribution in [3.8, 4) is 33.4 Å². The molecule has 0 spiro atoms. The first-order valence-electron chi connectivity index (χ1n) is 9.23. The Labute approximate surface area is 161 Å². The molecule has 130 valence electrons. The molecule has 4 aromatic carbocycles. The summed E-state index contributed by atoms with van der Waals surface area (Å²) in [6, 6.07) is 34.6. The Hall–Kier alpha value is -3.38. The highest BCUT2D eigenvalue weighted by Gasteiger charge is 2.05. The SMILES string of the molecule is C=Cc1cccc(-c2cccc(-c3cccc(-c4cccc(C)c4)c3)c2)c1. The van der Waals surface area contributed by atoms with Crippen LogP contribution in [0.4, 0.5) is 0 Å². The summed E-state index contributed by atoms with van der Waals surface area (Å²) in [4.78, 5) is 0. The van der Waals surface area contributed by atoms with Crippen molar-refractivity contribution in [3.63, 3.8) is 0 Å². The topological polar surface area (TPSA) is 0 Å². The van der Waals surface area contributed by atoms with E-state index in [1.54, 1.807) is 0 Å². The van der Waals surface area contributed by atoms with E-state index in [1.165, 1.54) is 38.9 Å². The average molecular weight is 346 g/mol. The lowest BCUT2D eigenvalue weighted by Gasteiger charge is -2.09. The maximum atomic E-state index is 3.88. The quantitative estimate of drug-likeness (QED) is 0.356. The molecule has 4 aromatic rings. The molecule has 0 aromatic heterocycles. The fourth-order valence-corrected chi connectivity index (χ4v) is 3.43. The first kappa shape index (κ1) is 17.1. The van der Waals surface area contributed by atoms with E-state index < -0.39 is 0 Å². The van der Waals surface area contributed by atoms with Crippen molar-refractivity contribution in [1.82, 2.24) is 0 Å². The van der Waals surface area contributed by atoms with Gasteiger partial charge in [-0.15, -0.1) is 0 Å². The third kappa shape index (κ3) is 3.75. The minimum atomic E-state index is 1.14. The van der Waals surface area contributed by atoms with Gasteiger partial charge >= 0.3 is 0 Å². The van der Waals surface area contributed by atoms with E-state index in [1.807, 2.05) is 6.08 Å². The number of hydrogen-bond acceptors (Lipinski definition) is 0. The van der Waals surface area contributed by atoms with Crippen molar-refractivity contribution < 1.29 is 0 Å². The van der Waals surface area contributed by atoms with Gasteiger partial charge in [0.2, 0.25) is 0 Å². The van der Waals surface area contributed by atoms with Gasteiger partial charge < -0.3 is 0 Å². The van der Waals surface area contributed by atoms with Crippen LogP contribution < -0.4 is 0 Å². The van der Waals surface area contributed by atoms with Crippen LogP contribution in [0, 0.1) is 6.92 Å². The standard InChI is InChI=1S/C27H22/c1-3-21-9-5-11-23(17-21)25-13-7-15-27(19-25)26-14-6-12-24(18-26)22-10-4-8-20(2)16-22/h3-19H,1H2,2H3. The molecule has 0 amide bonds. The van der Waals surface area contributed by atoms with E-state index in [0.717, 1.165) is 5.56 Å². The molecule has 0 aliphatic rings. The molecule has 0 unspecified atom stereocenters. The first-order valence-corrected chi connectivity index (χ1v) is 9.23. The lowest BCUT2D eigenvalue weighted by atomic mass is 9.95. The molecule has 0 heterocycles. The molecule has 27 heavy (non-hydrogen) atoms. The summed E-state index contributed by atoms with van der Waals surface area (Å²) in [7, 11) is 0. The van der Waals surface area contributed by atoms with Crippen molar-refractivity contribution in [2.45, 2.75) is 6.92 Å². The van der Waals surface area contributed by atoms with Crippen LogP contribution in [-0.2, 0) is 0 Å². The van der Waals surface area contributed by atoms with Crippen LogP contribution in [0.25, 0.3) is 39.5 Å². The van der Waals surface area contributed by atoms with Crippen LogP contribution in [-0.4, -0.2) is 0 Å². The number of rotatable bonds is 4. The van der Waals surface area contributed by atoms with E-state index >= 15 is 0 Å². The van der Waals surface area contributed by atoms with Gasteiger partial charge in [-0.05, 0) is 64.1 Å². The van der Waals surface area contributed by atoms with Gasteiger partial charge in [0.1, 0.15) is 0 Å². The lowest BCUT2D eigenvalue weighted by Crippen LogP contribution is -1.84. The zero-order chi connectivity index (χ0) is 18.6. The van der Waals surface area contributed by atoms with E-state index in [9.17, 15) is 0 Å². The summed E-state index contributed by atoms with van der Waals surface area (Å²) in [5, 5.41) is 0. The summed E-state index contributed by atoms with van der Waals surface area (Å²) < 4.78 is 0. The summed E-state index contributed by atoms with van der Waals surface area (Å²) in [6.07, 6.45) is 1.89. The fourth-order valence-electron chi connectivity index (χ4n) is 3.43. The summed E-state index contributed by atoms with van der Waals surface area (Å²) in [5.41, 5.74) is 9.81. The van der Waals surface area contributed by atoms with Crippen LogP contribution in [0.3, 0.4) is 0 Å². The largest absolute Gasteiger partial charge is 0.0985 e. The zero-order valence-corrected chi connectivity index (χ0v) is 15.5. The van der Waals surface area contributed by atoms with Gasteiger partial charge in [0.05, 0.1) is 0 Å². The van der Waals surface area contributed by atoms with Gasteiger partial charge in [-0.2, -0.15) is 0 Å². The second kappa shape index (κ2) is 7.47. The monoisotopic (exact) mass is 346 g/mol. The maximum Gasteiger partial charge on any atom is -0.0178 e. The molecule has 0 aliphatic heterocycles. The van der Waals surface area contributed by atoms with E-state index in [4.69, 9.17) is 0 Å².